The predicted octanol–water partition coefficient (Wildman–Crippen LogP) is 3.06. The number of allylic oxidation sites excluding steroid dienone is 1. The minimum Gasteiger partial charge on any atom is -0.465 e. The number of hydrogen-bond acceptors (Lipinski definition) is 4. The number of esters is 1. The summed E-state index contributed by atoms with van der Waals surface area (Å²) in [4.78, 5) is 15.3. The van der Waals surface area contributed by atoms with Crippen molar-refractivity contribution in [1.82, 2.24) is 4.98 Å². The normalized spacial score (nSPS) is 31.4. The maximum atomic E-state index is 11.1. The molecule has 2 bridgehead atoms. The Bertz CT molecular complexity index is 554. The number of aromatic nitrogens is 1. The highest BCUT2D eigenvalue weighted by atomic mass is 16.5. The van der Waals surface area contributed by atoms with Crippen molar-refractivity contribution in [1.29, 1.82) is 0 Å². The Labute approximate surface area is 125 Å². The predicted molar refractivity (Wildman–Crippen MR) is 78.5 cm³/mol. The molecule has 3 atom stereocenters. The Hall–Kier alpha value is -1.68. The zero-order valence-corrected chi connectivity index (χ0v) is 12.5. The van der Waals surface area contributed by atoms with E-state index in [-0.39, 0.29) is 17.5 Å². The summed E-state index contributed by atoms with van der Waals surface area (Å²) in [6.07, 6.45) is 7.92. The monoisotopic (exact) mass is 287 g/mol. The van der Waals surface area contributed by atoms with E-state index in [1.54, 1.807) is 6.20 Å². The van der Waals surface area contributed by atoms with Gasteiger partial charge in [0.05, 0.1) is 19.3 Å². The number of rotatable bonds is 3. The van der Waals surface area contributed by atoms with Crippen molar-refractivity contribution < 1.29 is 14.3 Å². The van der Waals surface area contributed by atoms with E-state index in [2.05, 4.69) is 24.1 Å². The van der Waals surface area contributed by atoms with Gasteiger partial charge in [-0.05, 0) is 31.4 Å². The lowest BCUT2D eigenvalue weighted by Gasteiger charge is -2.47. The number of carbonyl (C=O) groups is 1. The fraction of sp³-hybridized carbons (Fsp3) is 0.529. The van der Waals surface area contributed by atoms with E-state index >= 15 is 0 Å². The van der Waals surface area contributed by atoms with E-state index in [0.29, 0.717) is 19.1 Å². The molecular weight excluding hydrogens is 266 g/mol. The van der Waals surface area contributed by atoms with Crippen LogP contribution in [-0.4, -0.2) is 24.2 Å². The van der Waals surface area contributed by atoms with Crippen molar-refractivity contribution >= 4 is 5.97 Å². The molecule has 3 rings (SSSR count). The molecule has 0 radical (unpaired) electrons. The van der Waals surface area contributed by atoms with Crippen LogP contribution in [0, 0.1) is 11.3 Å². The van der Waals surface area contributed by atoms with Crippen molar-refractivity contribution in [2.24, 2.45) is 11.3 Å². The Morgan fingerprint density at radius 1 is 1.57 bits per heavy atom. The molecule has 2 aliphatic rings. The molecule has 1 aliphatic carbocycles. The van der Waals surface area contributed by atoms with Crippen LogP contribution in [0.25, 0.3) is 0 Å². The van der Waals surface area contributed by atoms with Gasteiger partial charge in [-0.3, -0.25) is 9.78 Å². The van der Waals surface area contributed by atoms with E-state index in [9.17, 15) is 4.79 Å². The number of hydrogen-bond donors (Lipinski definition) is 0. The first-order valence-electron chi connectivity index (χ1n) is 7.41. The average molecular weight is 287 g/mol. The van der Waals surface area contributed by atoms with Crippen molar-refractivity contribution in [2.75, 3.05) is 13.2 Å². The Morgan fingerprint density at radius 3 is 3.14 bits per heavy atom. The average Bonchev–Trinajstić information content (AvgIpc) is 2.51. The lowest BCUT2D eigenvalue weighted by atomic mass is 9.67. The third-order valence-corrected chi connectivity index (χ3v) is 4.62. The van der Waals surface area contributed by atoms with Crippen LogP contribution in [0.3, 0.4) is 0 Å². The van der Waals surface area contributed by atoms with Gasteiger partial charge in [0.2, 0.25) is 0 Å². The number of nitrogens with zero attached hydrogens (tertiary/aromatic N) is 1. The molecule has 0 amide bonds. The molecule has 1 aromatic rings. The van der Waals surface area contributed by atoms with Crippen LogP contribution < -0.4 is 0 Å². The van der Waals surface area contributed by atoms with Gasteiger partial charge < -0.3 is 9.47 Å². The first-order chi connectivity index (χ1) is 10.1. The Balaban J connectivity index is 1.81. The first-order valence-corrected chi connectivity index (χ1v) is 7.41. The molecule has 2 heterocycles. The molecule has 0 N–H and O–H groups in total. The standard InChI is InChI=1S/C17H21NO3/c1-12-5-6-17(10-20-13(2)19)8-15(12)16(21-11-17)14-4-3-7-18-9-14/h3-5,7,9,15-16H,6,8,10-11H2,1-2H3/t15-,16?,17-/m1/s1. The van der Waals surface area contributed by atoms with Gasteiger partial charge >= 0.3 is 5.97 Å². The number of pyridine rings is 1. The zero-order valence-electron chi connectivity index (χ0n) is 12.5. The second-order valence-electron chi connectivity index (χ2n) is 6.26. The van der Waals surface area contributed by atoms with Crippen molar-refractivity contribution in [3.63, 3.8) is 0 Å². The molecule has 1 unspecified atom stereocenters. The summed E-state index contributed by atoms with van der Waals surface area (Å²) in [7, 11) is 0. The molecule has 0 aromatic carbocycles. The van der Waals surface area contributed by atoms with Gasteiger partial charge in [0, 0.05) is 30.7 Å². The van der Waals surface area contributed by atoms with Gasteiger partial charge in [-0.2, -0.15) is 0 Å². The number of ether oxygens (including phenoxy) is 2. The van der Waals surface area contributed by atoms with E-state index in [1.165, 1.54) is 12.5 Å². The largest absolute Gasteiger partial charge is 0.465 e. The van der Waals surface area contributed by atoms with E-state index in [4.69, 9.17) is 9.47 Å². The summed E-state index contributed by atoms with van der Waals surface area (Å²) in [5, 5.41) is 0. The summed E-state index contributed by atoms with van der Waals surface area (Å²) >= 11 is 0. The highest BCUT2D eigenvalue weighted by molar-refractivity contribution is 5.65. The molecular formula is C17H21NO3. The van der Waals surface area contributed by atoms with Crippen LogP contribution in [0.4, 0.5) is 0 Å². The fourth-order valence-electron chi connectivity index (χ4n) is 3.37. The minimum absolute atomic E-state index is 0.0562. The molecule has 0 saturated carbocycles. The highest BCUT2D eigenvalue weighted by Gasteiger charge is 2.45. The van der Waals surface area contributed by atoms with Crippen LogP contribution in [0.5, 0.6) is 0 Å². The quantitative estimate of drug-likeness (QED) is 0.633. The lowest BCUT2D eigenvalue weighted by Crippen LogP contribution is -2.44. The summed E-state index contributed by atoms with van der Waals surface area (Å²) in [6, 6.07) is 4.01. The second-order valence-corrected chi connectivity index (χ2v) is 6.26. The molecule has 1 aliphatic heterocycles. The summed E-state index contributed by atoms with van der Waals surface area (Å²) < 4.78 is 11.4. The van der Waals surface area contributed by atoms with Crippen LogP contribution >= 0.6 is 0 Å². The molecule has 112 valence electrons. The molecule has 1 saturated heterocycles. The smallest absolute Gasteiger partial charge is 0.302 e. The van der Waals surface area contributed by atoms with Gasteiger partial charge in [0.25, 0.3) is 0 Å². The zero-order chi connectivity index (χ0) is 14.9. The Kier molecular flexibility index (Phi) is 3.81. The summed E-state index contributed by atoms with van der Waals surface area (Å²) in [5.41, 5.74) is 2.43. The first kappa shape index (κ1) is 14.3. The van der Waals surface area contributed by atoms with Crippen LogP contribution in [0.15, 0.2) is 36.2 Å². The van der Waals surface area contributed by atoms with Gasteiger partial charge in [-0.25, -0.2) is 0 Å². The number of carbonyl (C=O) groups excluding carboxylic acids is 1. The minimum atomic E-state index is -0.221. The van der Waals surface area contributed by atoms with Gasteiger partial charge in [-0.1, -0.05) is 17.7 Å². The summed E-state index contributed by atoms with van der Waals surface area (Å²) in [6.45, 7) is 4.70. The van der Waals surface area contributed by atoms with Gasteiger partial charge in [-0.15, -0.1) is 0 Å². The Morgan fingerprint density at radius 2 is 2.43 bits per heavy atom. The molecule has 1 aromatic heterocycles. The van der Waals surface area contributed by atoms with Gasteiger partial charge in [0.1, 0.15) is 0 Å². The molecule has 0 spiro atoms. The molecule has 1 fully saturated rings. The summed E-state index contributed by atoms with van der Waals surface area (Å²) in [5.74, 6) is 0.119. The maximum Gasteiger partial charge on any atom is 0.302 e. The highest BCUT2D eigenvalue weighted by Crippen LogP contribution is 2.50. The fourth-order valence-corrected chi connectivity index (χ4v) is 3.37. The topological polar surface area (TPSA) is 48.4 Å². The second kappa shape index (κ2) is 5.60. The SMILES string of the molecule is CC(=O)OC[C@@]12CC=C(C)[C@@H](C1)C(c1cccnc1)OC2. The maximum absolute atomic E-state index is 11.1. The molecule has 21 heavy (non-hydrogen) atoms. The van der Waals surface area contributed by atoms with Crippen molar-refractivity contribution in [3.05, 3.63) is 41.7 Å². The third-order valence-electron chi connectivity index (χ3n) is 4.62. The van der Waals surface area contributed by atoms with E-state index < -0.39 is 0 Å². The number of fused-ring (bicyclic) bond motifs is 2. The molecule has 4 nitrogen and oxygen atoms in total. The van der Waals surface area contributed by atoms with Crippen molar-refractivity contribution in [2.45, 2.75) is 32.8 Å². The third kappa shape index (κ3) is 2.86. The van der Waals surface area contributed by atoms with Crippen molar-refractivity contribution in [3.8, 4) is 0 Å². The van der Waals surface area contributed by atoms with E-state index in [1.807, 2.05) is 12.3 Å². The molecule has 4 heteroatoms. The van der Waals surface area contributed by atoms with Crippen LogP contribution in [-0.2, 0) is 14.3 Å². The van der Waals surface area contributed by atoms with E-state index in [0.717, 1.165) is 18.4 Å². The van der Waals surface area contributed by atoms with Crippen LogP contribution in [0.2, 0.25) is 0 Å². The lowest BCUT2D eigenvalue weighted by molar-refractivity contribution is -0.156. The van der Waals surface area contributed by atoms with Gasteiger partial charge in [0.15, 0.2) is 0 Å². The van der Waals surface area contributed by atoms with Crippen LogP contribution in [0.1, 0.15) is 38.4 Å².